The number of methoxy groups -OCH3 is 1. The van der Waals surface area contributed by atoms with Crippen molar-refractivity contribution in [2.24, 2.45) is 5.92 Å². The molecule has 1 heterocycles. The Hall–Kier alpha value is -2.80. The molecule has 1 amide bonds. The van der Waals surface area contributed by atoms with E-state index in [1.165, 1.54) is 43.9 Å². The molecule has 2 aromatic carbocycles. The normalized spacial score (nSPS) is 14.5. The average Bonchev–Trinajstić information content (AvgIpc) is 2.82. The van der Waals surface area contributed by atoms with Gasteiger partial charge in [-0.1, -0.05) is 43.2 Å². The molecule has 1 N–H and O–H groups in total. The van der Waals surface area contributed by atoms with Gasteiger partial charge in [-0.15, -0.1) is 0 Å². The fourth-order valence-electron chi connectivity index (χ4n) is 4.00. The Labute approximate surface area is 186 Å². The van der Waals surface area contributed by atoms with Crippen LogP contribution in [0.4, 0.5) is 0 Å². The Bertz CT molecular complexity index is 1110. The summed E-state index contributed by atoms with van der Waals surface area (Å²) in [6.45, 7) is 0.732. The first-order valence-corrected chi connectivity index (χ1v) is 11.7. The number of amides is 1. The zero-order chi connectivity index (χ0) is 21.6. The molecular formula is C24H27N3O3S. The quantitative estimate of drug-likeness (QED) is 0.443. The highest BCUT2D eigenvalue weighted by atomic mass is 32.2. The first kappa shape index (κ1) is 21.4. The summed E-state index contributed by atoms with van der Waals surface area (Å²) in [6.07, 6.45) is 6.19. The molecule has 4 rings (SSSR count). The summed E-state index contributed by atoms with van der Waals surface area (Å²) in [7, 11) is 1.60. The van der Waals surface area contributed by atoms with Gasteiger partial charge in [-0.2, -0.15) is 0 Å². The van der Waals surface area contributed by atoms with Crippen LogP contribution in [0.3, 0.4) is 0 Å². The molecule has 3 aromatic rings. The van der Waals surface area contributed by atoms with Crippen LogP contribution in [0, 0.1) is 5.92 Å². The summed E-state index contributed by atoms with van der Waals surface area (Å²) in [5.74, 6) is 1.48. The standard InChI is InChI=1S/C24H27N3O3S/c1-30-19-13-11-18(12-14-19)27-23(29)20-9-5-6-10-21(20)26-24(27)31-16-22(28)25-15-17-7-3-2-4-8-17/h5-6,9-14,17H,2-4,7-8,15-16H2,1H3,(H,25,28). The third-order valence-corrected chi connectivity index (χ3v) is 6.66. The number of fused-ring (bicyclic) bond motifs is 1. The molecule has 1 aliphatic carbocycles. The highest BCUT2D eigenvalue weighted by Gasteiger charge is 2.17. The maximum Gasteiger partial charge on any atom is 0.266 e. The van der Waals surface area contributed by atoms with Gasteiger partial charge in [0.05, 0.1) is 29.5 Å². The minimum absolute atomic E-state index is 0.0285. The van der Waals surface area contributed by atoms with Gasteiger partial charge in [-0.05, 0) is 55.2 Å². The van der Waals surface area contributed by atoms with Crippen LogP contribution in [0.5, 0.6) is 5.75 Å². The van der Waals surface area contributed by atoms with Crippen molar-refractivity contribution in [3.8, 4) is 11.4 Å². The number of carbonyl (C=O) groups is 1. The van der Waals surface area contributed by atoms with Crippen molar-refractivity contribution in [1.82, 2.24) is 14.9 Å². The smallest absolute Gasteiger partial charge is 0.266 e. The number of hydrogen-bond acceptors (Lipinski definition) is 5. The van der Waals surface area contributed by atoms with Crippen LogP contribution in [0.15, 0.2) is 58.5 Å². The number of carbonyl (C=O) groups excluding carboxylic acids is 1. The molecule has 0 saturated heterocycles. The zero-order valence-electron chi connectivity index (χ0n) is 17.7. The van der Waals surface area contributed by atoms with Crippen LogP contribution in [0.1, 0.15) is 32.1 Å². The molecule has 0 bridgehead atoms. The number of hydrogen-bond donors (Lipinski definition) is 1. The van der Waals surface area contributed by atoms with Crippen molar-refractivity contribution in [2.75, 3.05) is 19.4 Å². The van der Waals surface area contributed by atoms with E-state index in [0.717, 1.165) is 6.54 Å². The second-order valence-electron chi connectivity index (χ2n) is 7.85. The summed E-state index contributed by atoms with van der Waals surface area (Å²) in [6, 6.07) is 14.5. The van der Waals surface area contributed by atoms with Crippen LogP contribution in [-0.2, 0) is 4.79 Å². The van der Waals surface area contributed by atoms with Gasteiger partial charge < -0.3 is 10.1 Å². The highest BCUT2D eigenvalue weighted by Crippen LogP contribution is 2.24. The lowest BCUT2D eigenvalue weighted by Gasteiger charge is -2.21. The Balaban J connectivity index is 1.56. The Morgan fingerprint density at radius 2 is 1.87 bits per heavy atom. The monoisotopic (exact) mass is 437 g/mol. The number of thioether (sulfide) groups is 1. The minimum atomic E-state index is -0.152. The zero-order valence-corrected chi connectivity index (χ0v) is 18.5. The van der Waals surface area contributed by atoms with Crippen molar-refractivity contribution in [3.63, 3.8) is 0 Å². The minimum Gasteiger partial charge on any atom is -0.497 e. The molecule has 31 heavy (non-hydrogen) atoms. The van der Waals surface area contributed by atoms with E-state index >= 15 is 0 Å². The lowest BCUT2D eigenvalue weighted by Crippen LogP contribution is -2.31. The van der Waals surface area contributed by atoms with Gasteiger partial charge in [0.15, 0.2) is 5.16 Å². The van der Waals surface area contributed by atoms with Gasteiger partial charge in [0.2, 0.25) is 5.91 Å². The molecule has 0 aliphatic heterocycles. The summed E-state index contributed by atoms with van der Waals surface area (Å²) in [4.78, 5) is 30.4. The fourth-order valence-corrected chi connectivity index (χ4v) is 4.84. The Morgan fingerprint density at radius 3 is 2.61 bits per heavy atom. The lowest BCUT2D eigenvalue weighted by molar-refractivity contribution is -0.118. The lowest BCUT2D eigenvalue weighted by atomic mass is 9.89. The van der Waals surface area contributed by atoms with Crippen LogP contribution >= 0.6 is 11.8 Å². The molecule has 1 aliphatic rings. The Kier molecular flexibility index (Phi) is 6.92. The van der Waals surface area contributed by atoms with Crippen LogP contribution in [0.25, 0.3) is 16.6 Å². The maximum atomic E-state index is 13.3. The average molecular weight is 438 g/mol. The third-order valence-electron chi connectivity index (χ3n) is 5.72. The van der Waals surface area contributed by atoms with Crippen LogP contribution in [0.2, 0.25) is 0 Å². The Morgan fingerprint density at radius 1 is 1.13 bits per heavy atom. The SMILES string of the molecule is COc1ccc(-n2c(SCC(=O)NCC3CCCCC3)nc3ccccc3c2=O)cc1. The summed E-state index contributed by atoms with van der Waals surface area (Å²) < 4.78 is 6.80. The predicted octanol–water partition coefficient (Wildman–Crippen LogP) is 4.18. The maximum absolute atomic E-state index is 13.3. The third kappa shape index (κ3) is 5.10. The van der Waals surface area contributed by atoms with Gasteiger partial charge in [0, 0.05) is 6.54 Å². The van der Waals surface area contributed by atoms with E-state index in [0.29, 0.717) is 33.4 Å². The molecule has 0 spiro atoms. The summed E-state index contributed by atoms with van der Waals surface area (Å²) >= 11 is 1.28. The van der Waals surface area contributed by atoms with E-state index in [9.17, 15) is 9.59 Å². The topological polar surface area (TPSA) is 73.2 Å². The van der Waals surface area contributed by atoms with Gasteiger partial charge in [0.25, 0.3) is 5.56 Å². The second kappa shape index (κ2) is 10.0. The van der Waals surface area contributed by atoms with E-state index in [1.54, 1.807) is 17.7 Å². The number of rotatable bonds is 7. The molecule has 162 valence electrons. The van der Waals surface area contributed by atoms with Crippen molar-refractivity contribution in [2.45, 2.75) is 37.3 Å². The van der Waals surface area contributed by atoms with Gasteiger partial charge in [-0.3, -0.25) is 14.2 Å². The van der Waals surface area contributed by atoms with Crippen molar-refractivity contribution < 1.29 is 9.53 Å². The van der Waals surface area contributed by atoms with Gasteiger partial charge in [-0.25, -0.2) is 4.98 Å². The molecule has 0 unspecified atom stereocenters. The first-order chi connectivity index (χ1) is 15.2. The molecule has 0 atom stereocenters. The van der Waals surface area contributed by atoms with Gasteiger partial charge in [0.1, 0.15) is 5.75 Å². The van der Waals surface area contributed by atoms with Gasteiger partial charge >= 0.3 is 0 Å². The second-order valence-corrected chi connectivity index (χ2v) is 8.79. The van der Waals surface area contributed by atoms with E-state index in [-0.39, 0.29) is 17.2 Å². The van der Waals surface area contributed by atoms with Crippen LogP contribution in [-0.4, -0.2) is 34.9 Å². The van der Waals surface area contributed by atoms with Crippen molar-refractivity contribution >= 4 is 28.6 Å². The van der Waals surface area contributed by atoms with E-state index in [4.69, 9.17) is 9.72 Å². The predicted molar refractivity (Wildman–Crippen MR) is 124 cm³/mol. The number of ether oxygens (including phenoxy) is 1. The molecule has 7 heteroatoms. The summed E-state index contributed by atoms with van der Waals surface area (Å²) in [5, 5.41) is 4.10. The van der Waals surface area contributed by atoms with E-state index in [2.05, 4.69) is 5.32 Å². The summed E-state index contributed by atoms with van der Waals surface area (Å²) in [5.41, 5.74) is 1.16. The molecule has 1 fully saturated rings. The van der Waals surface area contributed by atoms with Crippen molar-refractivity contribution in [1.29, 1.82) is 0 Å². The van der Waals surface area contributed by atoms with Crippen molar-refractivity contribution in [3.05, 3.63) is 58.9 Å². The number of para-hydroxylation sites is 1. The van der Waals surface area contributed by atoms with E-state index in [1.807, 2.05) is 42.5 Å². The fraction of sp³-hybridized carbons (Fsp3) is 0.375. The highest BCUT2D eigenvalue weighted by molar-refractivity contribution is 7.99. The molecular weight excluding hydrogens is 410 g/mol. The molecule has 1 aromatic heterocycles. The van der Waals surface area contributed by atoms with Crippen LogP contribution < -0.4 is 15.6 Å². The number of nitrogens with one attached hydrogen (secondary N) is 1. The molecule has 0 radical (unpaired) electrons. The molecule has 1 saturated carbocycles. The number of nitrogens with zero attached hydrogens (tertiary/aromatic N) is 2. The number of aromatic nitrogens is 2. The largest absolute Gasteiger partial charge is 0.497 e. The number of benzene rings is 2. The van der Waals surface area contributed by atoms with E-state index < -0.39 is 0 Å². The first-order valence-electron chi connectivity index (χ1n) is 10.7. The molecule has 6 nitrogen and oxygen atoms in total.